The SMILES string of the molecule is CNC(Cc1nc(C)cs1)c1cc(Br)ccc1Cl. The van der Waals surface area contributed by atoms with Gasteiger partial charge in [-0.05, 0) is 37.7 Å². The Balaban J connectivity index is 2.25. The molecule has 18 heavy (non-hydrogen) atoms. The van der Waals surface area contributed by atoms with Gasteiger partial charge in [-0.3, -0.25) is 0 Å². The fourth-order valence-electron chi connectivity index (χ4n) is 1.82. The summed E-state index contributed by atoms with van der Waals surface area (Å²) in [6, 6.07) is 6.11. The van der Waals surface area contributed by atoms with Crippen molar-refractivity contribution < 1.29 is 0 Å². The van der Waals surface area contributed by atoms with Crippen molar-refractivity contribution in [3.05, 3.63) is 49.3 Å². The number of thiazole rings is 1. The van der Waals surface area contributed by atoms with Crippen LogP contribution in [0.5, 0.6) is 0 Å². The average Bonchev–Trinajstić information content (AvgIpc) is 2.75. The van der Waals surface area contributed by atoms with Crippen LogP contribution in [0.15, 0.2) is 28.1 Å². The average molecular weight is 346 g/mol. The van der Waals surface area contributed by atoms with Crippen molar-refractivity contribution in [2.24, 2.45) is 0 Å². The van der Waals surface area contributed by atoms with Crippen LogP contribution in [0.1, 0.15) is 22.3 Å². The van der Waals surface area contributed by atoms with Crippen LogP contribution < -0.4 is 5.32 Å². The second-order valence-electron chi connectivity index (χ2n) is 4.09. The molecule has 0 saturated carbocycles. The summed E-state index contributed by atoms with van der Waals surface area (Å²) in [5, 5.41) is 7.29. The molecule has 0 aliphatic rings. The molecule has 96 valence electrons. The number of likely N-dealkylation sites (N-methyl/N-ethyl adjacent to an activating group) is 1. The summed E-state index contributed by atoms with van der Waals surface area (Å²) < 4.78 is 1.04. The first-order chi connectivity index (χ1) is 8.60. The normalized spacial score (nSPS) is 12.7. The van der Waals surface area contributed by atoms with Crippen molar-refractivity contribution in [3.8, 4) is 0 Å². The van der Waals surface area contributed by atoms with E-state index in [2.05, 4.69) is 37.7 Å². The predicted molar refractivity (Wildman–Crippen MR) is 81.5 cm³/mol. The molecule has 2 aromatic rings. The van der Waals surface area contributed by atoms with E-state index in [4.69, 9.17) is 11.6 Å². The lowest BCUT2D eigenvalue weighted by atomic mass is 10.0. The highest BCUT2D eigenvalue weighted by molar-refractivity contribution is 9.10. The molecule has 2 nitrogen and oxygen atoms in total. The minimum atomic E-state index is 0.181. The number of hydrogen-bond donors (Lipinski definition) is 1. The second kappa shape index (κ2) is 6.15. The third-order valence-electron chi connectivity index (χ3n) is 2.73. The van der Waals surface area contributed by atoms with Crippen LogP contribution in [0.4, 0.5) is 0 Å². The van der Waals surface area contributed by atoms with Crippen molar-refractivity contribution in [1.82, 2.24) is 10.3 Å². The maximum absolute atomic E-state index is 6.26. The summed E-state index contributed by atoms with van der Waals surface area (Å²) in [5.74, 6) is 0. The monoisotopic (exact) mass is 344 g/mol. The molecule has 0 saturated heterocycles. The molecule has 1 unspecified atom stereocenters. The Bertz CT molecular complexity index is 542. The summed E-state index contributed by atoms with van der Waals surface area (Å²) in [6.45, 7) is 2.01. The standard InChI is InChI=1S/C13H14BrClN2S/c1-8-7-18-13(17-8)6-12(16-2)10-5-9(14)3-4-11(10)15/h3-5,7,12,16H,6H2,1-2H3. The summed E-state index contributed by atoms with van der Waals surface area (Å²) in [7, 11) is 1.95. The van der Waals surface area contributed by atoms with Crippen molar-refractivity contribution in [2.75, 3.05) is 7.05 Å². The van der Waals surface area contributed by atoms with Crippen LogP contribution in [-0.4, -0.2) is 12.0 Å². The summed E-state index contributed by atoms with van der Waals surface area (Å²) in [4.78, 5) is 4.50. The lowest BCUT2D eigenvalue weighted by molar-refractivity contribution is 0.590. The van der Waals surface area contributed by atoms with Gasteiger partial charge in [0.2, 0.25) is 0 Å². The van der Waals surface area contributed by atoms with Gasteiger partial charge in [0, 0.05) is 33.0 Å². The number of aromatic nitrogens is 1. The molecule has 1 N–H and O–H groups in total. The van der Waals surface area contributed by atoms with Crippen LogP contribution in [0.3, 0.4) is 0 Å². The molecule has 0 aliphatic carbocycles. The van der Waals surface area contributed by atoms with Gasteiger partial charge in [0.15, 0.2) is 0 Å². The van der Waals surface area contributed by atoms with Crippen LogP contribution >= 0.6 is 38.9 Å². The van der Waals surface area contributed by atoms with E-state index in [9.17, 15) is 0 Å². The maximum Gasteiger partial charge on any atom is 0.0947 e. The smallest absolute Gasteiger partial charge is 0.0947 e. The van der Waals surface area contributed by atoms with Crippen LogP contribution in [0.2, 0.25) is 5.02 Å². The quantitative estimate of drug-likeness (QED) is 0.890. The molecular formula is C13H14BrClN2S. The lowest BCUT2D eigenvalue weighted by Gasteiger charge is -2.17. The Hall–Kier alpha value is -0.420. The van der Waals surface area contributed by atoms with Crippen molar-refractivity contribution in [3.63, 3.8) is 0 Å². The predicted octanol–water partition coefficient (Wildman–Crippen LogP) is 4.37. The van der Waals surface area contributed by atoms with Crippen molar-refractivity contribution in [1.29, 1.82) is 0 Å². The molecule has 1 atom stereocenters. The minimum Gasteiger partial charge on any atom is -0.313 e. The van der Waals surface area contributed by atoms with Gasteiger partial charge in [-0.25, -0.2) is 4.98 Å². The molecule has 0 fully saturated rings. The highest BCUT2D eigenvalue weighted by Crippen LogP contribution is 2.29. The van der Waals surface area contributed by atoms with Gasteiger partial charge in [0.25, 0.3) is 0 Å². The fourth-order valence-corrected chi connectivity index (χ4v) is 3.27. The molecule has 5 heteroatoms. The first-order valence-corrected chi connectivity index (χ1v) is 7.68. The first-order valence-electron chi connectivity index (χ1n) is 5.63. The van der Waals surface area contributed by atoms with Gasteiger partial charge in [0.05, 0.1) is 5.01 Å². The minimum absolute atomic E-state index is 0.181. The van der Waals surface area contributed by atoms with E-state index in [-0.39, 0.29) is 6.04 Å². The Kier molecular flexibility index (Phi) is 4.78. The number of benzene rings is 1. The number of nitrogens with zero attached hydrogens (tertiary/aromatic N) is 1. The third-order valence-corrected chi connectivity index (χ3v) is 4.55. The summed E-state index contributed by atoms with van der Waals surface area (Å²) in [6.07, 6.45) is 0.852. The molecule has 0 bridgehead atoms. The topological polar surface area (TPSA) is 24.9 Å². The number of hydrogen-bond acceptors (Lipinski definition) is 3. The van der Waals surface area contributed by atoms with Crippen LogP contribution in [-0.2, 0) is 6.42 Å². The summed E-state index contributed by atoms with van der Waals surface area (Å²) >= 11 is 11.4. The summed E-state index contributed by atoms with van der Waals surface area (Å²) in [5.41, 5.74) is 2.17. The van der Waals surface area contributed by atoms with Gasteiger partial charge in [-0.2, -0.15) is 0 Å². The highest BCUT2D eigenvalue weighted by atomic mass is 79.9. The number of nitrogens with one attached hydrogen (secondary N) is 1. The zero-order chi connectivity index (χ0) is 13.1. The van der Waals surface area contributed by atoms with Gasteiger partial charge >= 0.3 is 0 Å². The Morgan fingerprint density at radius 3 is 2.89 bits per heavy atom. The van der Waals surface area contributed by atoms with E-state index in [1.54, 1.807) is 11.3 Å². The molecule has 0 radical (unpaired) electrons. The first kappa shape index (κ1) is 14.0. The van der Waals surface area contributed by atoms with Gasteiger partial charge < -0.3 is 5.32 Å². The molecule has 0 amide bonds. The zero-order valence-electron chi connectivity index (χ0n) is 10.2. The van der Waals surface area contributed by atoms with Gasteiger partial charge in [0.1, 0.15) is 0 Å². The van der Waals surface area contributed by atoms with E-state index < -0.39 is 0 Å². The lowest BCUT2D eigenvalue weighted by Crippen LogP contribution is -2.19. The third kappa shape index (κ3) is 3.32. The molecule has 1 aromatic heterocycles. The van der Waals surface area contributed by atoms with Gasteiger partial charge in [-0.15, -0.1) is 11.3 Å². The molecular weight excluding hydrogens is 332 g/mol. The largest absolute Gasteiger partial charge is 0.313 e. The molecule has 1 heterocycles. The van der Waals surface area contributed by atoms with E-state index in [0.717, 1.165) is 32.2 Å². The molecule has 0 spiro atoms. The van der Waals surface area contributed by atoms with E-state index in [1.165, 1.54) is 0 Å². The molecule has 2 rings (SSSR count). The number of aryl methyl sites for hydroxylation is 1. The van der Waals surface area contributed by atoms with E-state index in [1.807, 2.05) is 26.1 Å². The fraction of sp³-hybridized carbons (Fsp3) is 0.308. The second-order valence-corrected chi connectivity index (χ2v) is 6.36. The number of rotatable bonds is 4. The zero-order valence-corrected chi connectivity index (χ0v) is 13.4. The van der Waals surface area contributed by atoms with Crippen molar-refractivity contribution in [2.45, 2.75) is 19.4 Å². The maximum atomic E-state index is 6.26. The highest BCUT2D eigenvalue weighted by Gasteiger charge is 2.15. The van der Waals surface area contributed by atoms with Crippen molar-refractivity contribution >= 4 is 38.9 Å². The van der Waals surface area contributed by atoms with Gasteiger partial charge in [-0.1, -0.05) is 27.5 Å². The Morgan fingerprint density at radius 2 is 2.28 bits per heavy atom. The Morgan fingerprint density at radius 1 is 1.50 bits per heavy atom. The molecule has 1 aromatic carbocycles. The molecule has 0 aliphatic heterocycles. The van der Waals surface area contributed by atoms with Crippen LogP contribution in [0, 0.1) is 6.92 Å². The number of halogens is 2. The van der Waals surface area contributed by atoms with Crippen LogP contribution in [0.25, 0.3) is 0 Å². The van der Waals surface area contributed by atoms with E-state index >= 15 is 0 Å². The van der Waals surface area contributed by atoms with E-state index in [0.29, 0.717) is 0 Å². The Labute approximate surface area is 125 Å².